The molecule has 18 heavy (non-hydrogen) atoms. The third-order valence-electron chi connectivity index (χ3n) is 1.75. The number of rotatable bonds is 5. The lowest BCUT2D eigenvalue weighted by atomic mass is 10.5. The maximum Gasteiger partial charge on any atom is 0.345 e. The van der Waals surface area contributed by atoms with E-state index in [-0.39, 0.29) is 10.6 Å². The maximum absolute atomic E-state index is 11.3. The van der Waals surface area contributed by atoms with E-state index in [9.17, 15) is 14.4 Å². The average Bonchev–Trinajstić information content (AvgIpc) is 2.75. The number of carboxylic acids is 1. The van der Waals surface area contributed by atoms with Crippen LogP contribution < -0.4 is 10.6 Å². The topological polar surface area (TPSA) is 95.5 Å². The van der Waals surface area contributed by atoms with Crippen LogP contribution in [0.5, 0.6) is 0 Å². The Morgan fingerprint density at radius 1 is 1.44 bits per heavy atom. The fraction of sp³-hybridized carbons (Fsp3) is 0.300. The van der Waals surface area contributed by atoms with Crippen LogP contribution in [-0.4, -0.2) is 35.3 Å². The fourth-order valence-corrected chi connectivity index (χ4v) is 2.69. The third-order valence-corrected chi connectivity index (χ3v) is 3.79. The number of thiophene rings is 1. The van der Waals surface area contributed by atoms with Gasteiger partial charge in [0.25, 0.3) is 0 Å². The Morgan fingerprint density at radius 3 is 2.72 bits per heavy atom. The van der Waals surface area contributed by atoms with Gasteiger partial charge in [-0.1, -0.05) is 0 Å². The van der Waals surface area contributed by atoms with Crippen LogP contribution in [0.25, 0.3) is 0 Å². The Bertz CT molecular complexity index is 458. The predicted molar refractivity (Wildman–Crippen MR) is 69.2 cm³/mol. The minimum Gasteiger partial charge on any atom is -0.477 e. The van der Waals surface area contributed by atoms with Gasteiger partial charge in [0.05, 0.1) is 5.75 Å². The van der Waals surface area contributed by atoms with Crippen molar-refractivity contribution in [2.24, 2.45) is 0 Å². The lowest BCUT2D eigenvalue weighted by Gasteiger charge is -2.03. The summed E-state index contributed by atoms with van der Waals surface area (Å²) in [6.07, 6.45) is 0. The van der Waals surface area contributed by atoms with Gasteiger partial charge in [-0.15, -0.1) is 23.1 Å². The van der Waals surface area contributed by atoms with Crippen molar-refractivity contribution in [2.45, 2.75) is 11.8 Å². The molecule has 0 spiro atoms. The average molecular weight is 288 g/mol. The first-order valence-corrected chi connectivity index (χ1v) is 6.91. The number of nitrogens with one attached hydrogen (secondary N) is 2. The Balaban J connectivity index is 2.37. The summed E-state index contributed by atoms with van der Waals surface area (Å²) in [4.78, 5) is 33.9. The molecule has 0 atom stereocenters. The lowest BCUT2D eigenvalue weighted by molar-refractivity contribution is -0.117. The number of carboxylic acid groups (broad SMARTS) is 1. The SMILES string of the molecule is CCNC(=O)NC(=O)CSc1csc(C(=O)O)c1. The molecule has 1 aromatic heterocycles. The standard InChI is InChI=1S/C10H12N2O4S2/c1-2-11-10(16)12-8(13)5-17-6-3-7(9(14)15)18-4-6/h3-4H,2,5H2,1H3,(H,14,15)(H2,11,12,13,16). The molecule has 0 aromatic carbocycles. The molecule has 0 aliphatic rings. The van der Waals surface area contributed by atoms with Crippen LogP contribution in [0, 0.1) is 0 Å². The van der Waals surface area contributed by atoms with Crippen LogP contribution >= 0.6 is 23.1 Å². The maximum atomic E-state index is 11.3. The molecule has 0 unspecified atom stereocenters. The molecule has 1 heterocycles. The van der Waals surface area contributed by atoms with E-state index in [0.717, 1.165) is 11.3 Å². The number of imide groups is 1. The summed E-state index contributed by atoms with van der Waals surface area (Å²) in [5, 5.41) is 15.0. The van der Waals surface area contributed by atoms with Crippen molar-refractivity contribution in [1.82, 2.24) is 10.6 Å². The largest absolute Gasteiger partial charge is 0.477 e. The second-order valence-electron chi connectivity index (χ2n) is 3.15. The molecule has 3 N–H and O–H groups in total. The van der Waals surface area contributed by atoms with Crippen LogP contribution in [0.15, 0.2) is 16.3 Å². The predicted octanol–water partition coefficient (Wildman–Crippen LogP) is 1.38. The zero-order chi connectivity index (χ0) is 13.5. The van der Waals surface area contributed by atoms with Gasteiger partial charge in [0, 0.05) is 16.8 Å². The first kappa shape index (κ1) is 14.5. The molecule has 1 rings (SSSR count). The quantitative estimate of drug-likeness (QED) is 0.711. The smallest absolute Gasteiger partial charge is 0.345 e. The lowest BCUT2D eigenvalue weighted by Crippen LogP contribution is -2.40. The Morgan fingerprint density at radius 2 is 2.17 bits per heavy atom. The van der Waals surface area contributed by atoms with Crippen molar-refractivity contribution < 1.29 is 19.5 Å². The molecule has 0 aliphatic carbocycles. The van der Waals surface area contributed by atoms with Gasteiger partial charge in [-0.3, -0.25) is 10.1 Å². The molecule has 0 saturated heterocycles. The van der Waals surface area contributed by atoms with Gasteiger partial charge in [-0.05, 0) is 13.0 Å². The number of thioether (sulfide) groups is 1. The summed E-state index contributed by atoms with van der Waals surface area (Å²) in [5.41, 5.74) is 0. The van der Waals surface area contributed by atoms with Crippen molar-refractivity contribution in [3.8, 4) is 0 Å². The van der Waals surface area contributed by atoms with Crippen LogP contribution in [0.1, 0.15) is 16.6 Å². The van der Waals surface area contributed by atoms with Gasteiger partial charge in [-0.2, -0.15) is 0 Å². The van der Waals surface area contributed by atoms with Crippen molar-refractivity contribution in [1.29, 1.82) is 0 Å². The van der Waals surface area contributed by atoms with Crippen LogP contribution in [-0.2, 0) is 4.79 Å². The zero-order valence-corrected chi connectivity index (χ0v) is 11.2. The highest BCUT2D eigenvalue weighted by Crippen LogP contribution is 2.24. The highest BCUT2D eigenvalue weighted by Gasteiger charge is 2.10. The minimum atomic E-state index is -0.987. The van der Waals surface area contributed by atoms with E-state index in [2.05, 4.69) is 10.6 Å². The van der Waals surface area contributed by atoms with E-state index in [1.807, 2.05) is 0 Å². The third kappa shape index (κ3) is 4.76. The Kier molecular flexibility index (Phi) is 5.66. The van der Waals surface area contributed by atoms with Crippen LogP contribution in [0.2, 0.25) is 0 Å². The fourth-order valence-electron chi connectivity index (χ4n) is 1.02. The first-order chi connectivity index (χ1) is 8.52. The van der Waals surface area contributed by atoms with Gasteiger partial charge >= 0.3 is 12.0 Å². The molecule has 3 amide bonds. The highest BCUT2D eigenvalue weighted by atomic mass is 32.2. The number of hydrogen-bond donors (Lipinski definition) is 3. The summed E-state index contributed by atoms with van der Waals surface area (Å²) < 4.78 is 0. The molecule has 0 saturated carbocycles. The second kappa shape index (κ2) is 7.02. The van der Waals surface area contributed by atoms with Crippen LogP contribution in [0.4, 0.5) is 4.79 Å². The molecule has 0 fully saturated rings. The van der Waals surface area contributed by atoms with E-state index >= 15 is 0 Å². The monoisotopic (exact) mass is 288 g/mol. The Labute approximate surface area is 112 Å². The number of hydrogen-bond acceptors (Lipinski definition) is 5. The summed E-state index contributed by atoms with van der Waals surface area (Å²) in [6, 6.07) is 0.969. The molecule has 6 nitrogen and oxygen atoms in total. The van der Waals surface area contributed by atoms with Crippen molar-refractivity contribution >= 4 is 41.0 Å². The van der Waals surface area contributed by atoms with Gasteiger partial charge in [-0.25, -0.2) is 9.59 Å². The van der Waals surface area contributed by atoms with Gasteiger partial charge in [0.15, 0.2) is 0 Å². The van der Waals surface area contributed by atoms with E-state index in [4.69, 9.17) is 5.11 Å². The summed E-state index contributed by atoms with van der Waals surface area (Å²) in [5.74, 6) is -1.35. The summed E-state index contributed by atoms with van der Waals surface area (Å²) in [7, 11) is 0. The minimum absolute atomic E-state index is 0.0624. The first-order valence-electron chi connectivity index (χ1n) is 5.05. The van der Waals surface area contributed by atoms with Crippen LogP contribution in [0.3, 0.4) is 0 Å². The van der Waals surface area contributed by atoms with Crippen molar-refractivity contribution in [2.75, 3.05) is 12.3 Å². The van der Waals surface area contributed by atoms with Gasteiger partial charge in [0.1, 0.15) is 4.88 Å². The number of amides is 3. The second-order valence-corrected chi connectivity index (χ2v) is 5.11. The normalized spacial score (nSPS) is 9.83. The zero-order valence-electron chi connectivity index (χ0n) is 9.56. The number of carbonyl (C=O) groups excluding carboxylic acids is 2. The number of urea groups is 1. The number of aromatic carboxylic acids is 1. The molecule has 0 aliphatic heterocycles. The van der Waals surface area contributed by atoms with E-state index in [1.165, 1.54) is 17.8 Å². The molecule has 98 valence electrons. The van der Waals surface area contributed by atoms with E-state index in [0.29, 0.717) is 11.4 Å². The molecular formula is C10H12N2O4S2. The van der Waals surface area contributed by atoms with Crippen molar-refractivity contribution in [3.05, 3.63) is 16.3 Å². The molecule has 1 aromatic rings. The molecular weight excluding hydrogens is 276 g/mol. The molecule has 0 bridgehead atoms. The van der Waals surface area contributed by atoms with Gasteiger partial charge < -0.3 is 10.4 Å². The summed E-state index contributed by atoms with van der Waals surface area (Å²) in [6.45, 7) is 2.19. The summed E-state index contributed by atoms with van der Waals surface area (Å²) >= 11 is 2.28. The van der Waals surface area contributed by atoms with Crippen molar-refractivity contribution in [3.63, 3.8) is 0 Å². The number of carbonyl (C=O) groups is 3. The molecule has 8 heteroatoms. The Hall–Kier alpha value is -1.54. The molecule has 0 radical (unpaired) electrons. The van der Waals surface area contributed by atoms with E-state index < -0.39 is 17.9 Å². The van der Waals surface area contributed by atoms with E-state index in [1.54, 1.807) is 12.3 Å². The highest BCUT2D eigenvalue weighted by molar-refractivity contribution is 8.00. The van der Waals surface area contributed by atoms with Gasteiger partial charge in [0.2, 0.25) is 5.91 Å².